The van der Waals surface area contributed by atoms with Crippen molar-refractivity contribution in [3.8, 4) is 5.69 Å². The summed E-state index contributed by atoms with van der Waals surface area (Å²) >= 11 is 0. The van der Waals surface area contributed by atoms with Crippen LogP contribution in [0, 0.1) is 20.8 Å². The van der Waals surface area contributed by atoms with Crippen LogP contribution in [0.1, 0.15) is 22.5 Å². The summed E-state index contributed by atoms with van der Waals surface area (Å²) < 4.78 is 1.90. The van der Waals surface area contributed by atoms with Gasteiger partial charge in [0.25, 0.3) is 0 Å². The Bertz CT molecular complexity index is 910. The zero-order valence-electron chi connectivity index (χ0n) is 16.3. The lowest BCUT2D eigenvalue weighted by Gasteiger charge is -2.36. The first-order chi connectivity index (χ1) is 13.1. The number of benzene rings is 1. The molecular weight excluding hydrogens is 336 g/mol. The molecule has 0 aliphatic carbocycles. The van der Waals surface area contributed by atoms with Crippen LogP contribution < -0.4 is 4.90 Å². The van der Waals surface area contributed by atoms with Gasteiger partial charge in [-0.25, -0.2) is 14.6 Å². The van der Waals surface area contributed by atoms with Crippen LogP contribution in [0.5, 0.6) is 0 Å². The van der Waals surface area contributed by atoms with Crippen molar-refractivity contribution in [1.29, 1.82) is 0 Å². The van der Waals surface area contributed by atoms with Crippen molar-refractivity contribution < 1.29 is 0 Å². The molecule has 3 heterocycles. The van der Waals surface area contributed by atoms with Crippen LogP contribution in [-0.2, 0) is 6.54 Å². The highest BCUT2D eigenvalue weighted by Crippen LogP contribution is 2.20. The minimum atomic E-state index is 0.839. The Morgan fingerprint density at radius 2 is 1.81 bits per heavy atom. The van der Waals surface area contributed by atoms with Crippen molar-refractivity contribution in [1.82, 2.24) is 24.6 Å². The van der Waals surface area contributed by atoms with E-state index in [0.717, 1.165) is 55.6 Å². The fourth-order valence-electron chi connectivity index (χ4n) is 3.62. The predicted octanol–water partition coefficient (Wildman–Crippen LogP) is 2.91. The van der Waals surface area contributed by atoms with Crippen LogP contribution >= 0.6 is 0 Å². The van der Waals surface area contributed by atoms with Gasteiger partial charge in [0.05, 0.1) is 5.69 Å². The molecule has 6 heteroatoms. The molecule has 0 amide bonds. The Morgan fingerprint density at radius 1 is 1.00 bits per heavy atom. The highest BCUT2D eigenvalue weighted by Gasteiger charge is 2.20. The number of rotatable bonds is 4. The Labute approximate surface area is 160 Å². The third-order valence-electron chi connectivity index (χ3n) is 5.23. The topological polar surface area (TPSA) is 50.1 Å². The maximum atomic E-state index is 4.64. The van der Waals surface area contributed by atoms with Gasteiger partial charge in [-0.1, -0.05) is 6.07 Å². The van der Waals surface area contributed by atoms with Gasteiger partial charge in [0.15, 0.2) is 0 Å². The number of piperazine rings is 1. The van der Waals surface area contributed by atoms with E-state index in [0.29, 0.717) is 0 Å². The lowest BCUT2D eigenvalue weighted by molar-refractivity contribution is 0.248. The van der Waals surface area contributed by atoms with E-state index in [1.165, 1.54) is 11.1 Å². The van der Waals surface area contributed by atoms with Crippen molar-refractivity contribution in [2.24, 2.45) is 0 Å². The second-order valence-electron chi connectivity index (χ2n) is 7.25. The molecule has 1 fully saturated rings. The standard InChI is InChI=1S/C21H26N6/c1-16-13-20(27-8-4-7-23-27)6-5-19(16)15-25-9-11-26(12-10-25)21-17(2)14-22-18(3)24-21/h4-8,13-14H,9-12,15H2,1-3H3. The molecule has 0 unspecified atom stereocenters. The SMILES string of the molecule is Cc1ncc(C)c(N2CCN(Cc3ccc(-n4cccn4)cc3C)CC2)n1. The molecule has 1 saturated heterocycles. The van der Waals surface area contributed by atoms with Crippen molar-refractivity contribution in [3.63, 3.8) is 0 Å². The number of hydrogen-bond donors (Lipinski definition) is 0. The van der Waals surface area contributed by atoms with E-state index < -0.39 is 0 Å². The van der Waals surface area contributed by atoms with Crippen LogP contribution in [0.15, 0.2) is 42.9 Å². The van der Waals surface area contributed by atoms with Gasteiger partial charge in [-0.3, -0.25) is 4.90 Å². The Hall–Kier alpha value is -2.73. The van der Waals surface area contributed by atoms with Gasteiger partial charge in [0.2, 0.25) is 0 Å². The van der Waals surface area contributed by atoms with Gasteiger partial charge in [-0.05, 0) is 50.1 Å². The summed E-state index contributed by atoms with van der Waals surface area (Å²) in [6.45, 7) is 11.3. The van der Waals surface area contributed by atoms with Gasteiger partial charge in [0, 0.05) is 56.9 Å². The molecule has 1 aromatic carbocycles. The van der Waals surface area contributed by atoms with Crippen LogP contribution in [0.3, 0.4) is 0 Å². The zero-order valence-corrected chi connectivity index (χ0v) is 16.3. The summed E-state index contributed by atoms with van der Waals surface area (Å²) in [5.41, 5.74) is 4.96. The lowest BCUT2D eigenvalue weighted by Crippen LogP contribution is -2.46. The largest absolute Gasteiger partial charge is 0.354 e. The Balaban J connectivity index is 1.40. The molecule has 0 radical (unpaired) electrons. The van der Waals surface area contributed by atoms with E-state index in [1.807, 2.05) is 36.3 Å². The summed E-state index contributed by atoms with van der Waals surface area (Å²) in [6, 6.07) is 8.55. The molecule has 4 rings (SSSR count). The molecule has 6 nitrogen and oxygen atoms in total. The maximum absolute atomic E-state index is 4.64. The molecule has 1 aliphatic heterocycles. The molecule has 0 saturated carbocycles. The predicted molar refractivity (Wildman–Crippen MR) is 107 cm³/mol. The maximum Gasteiger partial charge on any atom is 0.135 e. The van der Waals surface area contributed by atoms with E-state index in [4.69, 9.17) is 0 Å². The summed E-state index contributed by atoms with van der Waals surface area (Å²) in [6.07, 6.45) is 5.71. The first-order valence-corrected chi connectivity index (χ1v) is 9.47. The van der Waals surface area contributed by atoms with Gasteiger partial charge in [0.1, 0.15) is 11.6 Å². The minimum absolute atomic E-state index is 0.839. The van der Waals surface area contributed by atoms with Crippen LogP contribution in [0.25, 0.3) is 5.69 Å². The Morgan fingerprint density at radius 3 is 2.52 bits per heavy atom. The fraction of sp³-hybridized carbons (Fsp3) is 0.381. The smallest absolute Gasteiger partial charge is 0.135 e. The number of hydrogen-bond acceptors (Lipinski definition) is 5. The molecule has 140 valence electrons. The molecular formula is C21H26N6. The molecule has 0 bridgehead atoms. The second-order valence-corrected chi connectivity index (χ2v) is 7.25. The summed E-state index contributed by atoms with van der Waals surface area (Å²) in [7, 11) is 0. The highest BCUT2D eigenvalue weighted by molar-refractivity contribution is 5.46. The fourth-order valence-corrected chi connectivity index (χ4v) is 3.62. The van der Waals surface area contributed by atoms with E-state index in [9.17, 15) is 0 Å². The van der Waals surface area contributed by atoms with Crippen molar-refractivity contribution in [2.75, 3.05) is 31.1 Å². The van der Waals surface area contributed by atoms with Crippen molar-refractivity contribution in [3.05, 3.63) is 65.4 Å². The molecule has 2 aromatic heterocycles. The first-order valence-electron chi connectivity index (χ1n) is 9.47. The first kappa shape index (κ1) is 17.7. The van der Waals surface area contributed by atoms with Gasteiger partial charge in [-0.15, -0.1) is 0 Å². The zero-order chi connectivity index (χ0) is 18.8. The number of nitrogens with zero attached hydrogens (tertiary/aromatic N) is 6. The normalized spacial score (nSPS) is 15.3. The molecule has 0 N–H and O–H groups in total. The monoisotopic (exact) mass is 362 g/mol. The van der Waals surface area contributed by atoms with Gasteiger partial charge >= 0.3 is 0 Å². The number of aromatic nitrogens is 4. The average Bonchev–Trinajstić information content (AvgIpc) is 3.21. The molecule has 1 aliphatic rings. The van der Waals surface area contributed by atoms with E-state index in [2.05, 4.69) is 56.9 Å². The molecule has 3 aromatic rings. The Kier molecular flexibility index (Phi) is 4.90. The molecule has 0 atom stereocenters. The highest BCUT2D eigenvalue weighted by atomic mass is 15.3. The van der Waals surface area contributed by atoms with E-state index in [1.54, 1.807) is 0 Å². The second kappa shape index (κ2) is 7.48. The lowest BCUT2D eigenvalue weighted by atomic mass is 10.1. The summed E-state index contributed by atoms with van der Waals surface area (Å²) in [5, 5.41) is 4.31. The third-order valence-corrected chi connectivity index (χ3v) is 5.23. The molecule has 27 heavy (non-hydrogen) atoms. The number of aryl methyl sites for hydroxylation is 3. The van der Waals surface area contributed by atoms with Crippen molar-refractivity contribution in [2.45, 2.75) is 27.3 Å². The minimum Gasteiger partial charge on any atom is -0.354 e. The van der Waals surface area contributed by atoms with E-state index >= 15 is 0 Å². The van der Waals surface area contributed by atoms with Crippen LogP contribution in [0.4, 0.5) is 5.82 Å². The quantitative estimate of drug-likeness (QED) is 0.714. The van der Waals surface area contributed by atoms with Gasteiger partial charge < -0.3 is 4.90 Å². The summed E-state index contributed by atoms with van der Waals surface area (Å²) in [4.78, 5) is 13.8. The van der Waals surface area contributed by atoms with Crippen LogP contribution in [0.2, 0.25) is 0 Å². The van der Waals surface area contributed by atoms with Gasteiger partial charge in [-0.2, -0.15) is 5.10 Å². The van der Waals surface area contributed by atoms with Crippen molar-refractivity contribution >= 4 is 5.82 Å². The third kappa shape index (κ3) is 3.85. The van der Waals surface area contributed by atoms with Crippen LogP contribution in [-0.4, -0.2) is 50.8 Å². The average molecular weight is 362 g/mol. The number of anilines is 1. The van der Waals surface area contributed by atoms with E-state index in [-0.39, 0.29) is 0 Å². The molecule has 0 spiro atoms. The summed E-state index contributed by atoms with van der Waals surface area (Å²) in [5.74, 6) is 1.92.